The number of hydrogen-bond donors (Lipinski definition) is 3. The van der Waals surface area contributed by atoms with Crippen LogP contribution in [0.25, 0.3) is 23.5 Å². The Balaban J connectivity index is 1.78. The summed E-state index contributed by atoms with van der Waals surface area (Å²) in [5.41, 5.74) is 3.02. The Kier molecular flexibility index (Phi) is 5.83. The van der Waals surface area contributed by atoms with Gasteiger partial charge in [0.2, 0.25) is 0 Å². The van der Waals surface area contributed by atoms with Gasteiger partial charge in [-0.25, -0.2) is 0 Å². The zero-order valence-electron chi connectivity index (χ0n) is 15.1. The monoisotopic (exact) mass is 337 g/mol. The summed E-state index contributed by atoms with van der Waals surface area (Å²) < 4.78 is 5.51. The molecule has 0 aromatic carbocycles. The molecule has 4 nitrogen and oxygen atoms in total. The molecule has 0 unspecified atom stereocenters. The van der Waals surface area contributed by atoms with Crippen molar-refractivity contribution in [1.29, 1.82) is 0 Å². The summed E-state index contributed by atoms with van der Waals surface area (Å²) in [5.74, 6) is 0.837. The van der Waals surface area contributed by atoms with Crippen LogP contribution >= 0.6 is 0 Å². The van der Waals surface area contributed by atoms with E-state index in [1.807, 2.05) is 24.4 Å². The summed E-state index contributed by atoms with van der Waals surface area (Å²) >= 11 is 0. The SMILES string of the molecule is CCCCCCC=c1ccc(=Cc2[nH]c(-c3ccc[nH]3)cc2OC)[nH]1. The van der Waals surface area contributed by atoms with Gasteiger partial charge in [0.05, 0.1) is 24.2 Å². The Morgan fingerprint density at radius 1 is 1.00 bits per heavy atom. The van der Waals surface area contributed by atoms with Crippen LogP contribution in [0.5, 0.6) is 5.75 Å². The maximum absolute atomic E-state index is 5.51. The van der Waals surface area contributed by atoms with Crippen LogP contribution in [0.3, 0.4) is 0 Å². The third-order valence-electron chi connectivity index (χ3n) is 4.37. The van der Waals surface area contributed by atoms with Gasteiger partial charge in [0.1, 0.15) is 5.75 Å². The first kappa shape index (κ1) is 17.2. The van der Waals surface area contributed by atoms with Gasteiger partial charge in [0.25, 0.3) is 0 Å². The molecule has 0 saturated carbocycles. The fourth-order valence-corrected chi connectivity index (χ4v) is 2.99. The number of ether oxygens (including phenoxy) is 1. The number of hydrogen-bond acceptors (Lipinski definition) is 1. The molecule has 25 heavy (non-hydrogen) atoms. The summed E-state index contributed by atoms with van der Waals surface area (Å²) in [6.45, 7) is 2.24. The summed E-state index contributed by atoms with van der Waals surface area (Å²) in [4.78, 5) is 10.1. The lowest BCUT2D eigenvalue weighted by Gasteiger charge is -1.95. The third-order valence-corrected chi connectivity index (χ3v) is 4.37. The van der Waals surface area contributed by atoms with Gasteiger partial charge in [0.15, 0.2) is 0 Å². The van der Waals surface area contributed by atoms with E-state index in [1.165, 1.54) is 31.0 Å². The average molecular weight is 337 g/mol. The zero-order valence-corrected chi connectivity index (χ0v) is 15.1. The molecule has 0 aliphatic heterocycles. The molecule has 3 heterocycles. The van der Waals surface area contributed by atoms with Crippen LogP contribution in [-0.2, 0) is 0 Å². The van der Waals surface area contributed by atoms with Gasteiger partial charge in [-0.2, -0.15) is 0 Å². The summed E-state index contributed by atoms with van der Waals surface area (Å²) in [6.07, 6.45) is 12.6. The molecule has 0 spiro atoms. The maximum Gasteiger partial charge on any atom is 0.144 e. The molecule has 132 valence electrons. The maximum atomic E-state index is 5.51. The molecule has 0 saturated heterocycles. The average Bonchev–Trinajstić information content (AvgIpc) is 3.35. The van der Waals surface area contributed by atoms with Gasteiger partial charge in [-0.1, -0.05) is 32.3 Å². The molecule has 0 aliphatic carbocycles. The fraction of sp³-hybridized carbons (Fsp3) is 0.333. The van der Waals surface area contributed by atoms with Crippen LogP contribution in [0.4, 0.5) is 0 Å². The van der Waals surface area contributed by atoms with Crippen LogP contribution in [0, 0.1) is 0 Å². The van der Waals surface area contributed by atoms with E-state index in [9.17, 15) is 0 Å². The van der Waals surface area contributed by atoms with Crippen molar-refractivity contribution in [2.75, 3.05) is 7.11 Å². The highest BCUT2D eigenvalue weighted by molar-refractivity contribution is 5.65. The molecule has 3 rings (SSSR count). The lowest BCUT2D eigenvalue weighted by atomic mass is 10.1. The minimum atomic E-state index is 0.837. The number of aromatic amines is 3. The van der Waals surface area contributed by atoms with E-state index in [-0.39, 0.29) is 0 Å². The molecule has 0 bridgehead atoms. The standard InChI is InChI=1S/C21H27N3O/c1-3-4-5-6-7-9-16-11-12-17(23-16)14-20-21(25-2)15-19(24-20)18-10-8-13-22-18/h8-15,22-24H,3-7H2,1-2H3. The second-order valence-corrected chi connectivity index (χ2v) is 6.32. The van der Waals surface area contributed by atoms with Crippen molar-refractivity contribution in [3.63, 3.8) is 0 Å². The molecule has 4 heteroatoms. The highest BCUT2D eigenvalue weighted by atomic mass is 16.5. The lowest BCUT2D eigenvalue weighted by Crippen LogP contribution is -2.09. The van der Waals surface area contributed by atoms with Gasteiger partial charge in [-0.05, 0) is 43.2 Å². The second kappa shape index (κ2) is 8.47. The number of unbranched alkanes of at least 4 members (excludes halogenated alkanes) is 4. The van der Waals surface area contributed by atoms with Crippen molar-refractivity contribution in [3.8, 4) is 17.1 Å². The van der Waals surface area contributed by atoms with E-state index in [0.717, 1.165) is 34.6 Å². The molecule has 3 aromatic rings. The number of aromatic nitrogens is 3. The summed E-state index contributed by atoms with van der Waals surface area (Å²) in [6, 6.07) is 10.3. The van der Waals surface area contributed by atoms with Gasteiger partial charge in [-0.15, -0.1) is 0 Å². The van der Waals surface area contributed by atoms with Gasteiger partial charge in [-0.3, -0.25) is 0 Å². The van der Waals surface area contributed by atoms with Crippen LogP contribution in [0.15, 0.2) is 36.5 Å². The van der Waals surface area contributed by atoms with Crippen molar-refractivity contribution < 1.29 is 4.74 Å². The number of nitrogens with one attached hydrogen (secondary N) is 3. The third kappa shape index (κ3) is 4.47. The van der Waals surface area contributed by atoms with E-state index in [0.29, 0.717) is 0 Å². The largest absolute Gasteiger partial charge is 0.494 e. The van der Waals surface area contributed by atoms with Crippen molar-refractivity contribution in [2.24, 2.45) is 0 Å². The Labute approximate surface area is 148 Å². The Morgan fingerprint density at radius 3 is 2.64 bits per heavy atom. The van der Waals surface area contributed by atoms with Crippen LogP contribution in [0.1, 0.15) is 44.7 Å². The summed E-state index contributed by atoms with van der Waals surface area (Å²) in [5, 5.41) is 2.25. The number of methoxy groups -OCH3 is 1. The molecular formula is C21H27N3O. The molecule has 0 fully saturated rings. The predicted octanol–water partition coefficient (Wildman–Crippen LogP) is 3.93. The normalized spacial score (nSPS) is 12.9. The smallest absolute Gasteiger partial charge is 0.144 e. The van der Waals surface area contributed by atoms with Crippen molar-refractivity contribution >= 4 is 12.2 Å². The quantitative estimate of drug-likeness (QED) is 0.536. The first-order valence-corrected chi connectivity index (χ1v) is 9.08. The highest BCUT2D eigenvalue weighted by Crippen LogP contribution is 2.26. The number of rotatable bonds is 8. The molecule has 3 N–H and O–H groups in total. The van der Waals surface area contributed by atoms with Crippen LogP contribution in [0.2, 0.25) is 0 Å². The van der Waals surface area contributed by atoms with Gasteiger partial charge >= 0.3 is 0 Å². The Morgan fingerprint density at radius 2 is 1.88 bits per heavy atom. The number of H-pyrrole nitrogens is 3. The topological polar surface area (TPSA) is 56.6 Å². The lowest BCUT2D eigenvalue weighted by molar-refractivity contribution is 0.414. The first-order valence-electron chi connectivity index (χ1n) is 9.08. The van der Waals surface area contributed by atoms with Gasteiger partial charge in [0, 0.05) is 23.0 Å². The molecule has 0 amide bonds. The second-order valence-electron chi connectivity index (χ2n) is 6.32. The van der Waals surface area contributed by atoms with E-state index in [4.69, 9.17) is 4.74 Å². The Hall–Kier alpha value is -2.62. The molecular weight excluding hydrogens is 310 g/mol. The first-order chi connectivity index (χ1) is 12.3. The molecule has 0 atom stereocenters. The van der Waals surface area contributed by atoms with Gasteiger partial charge < -0.3 is 19.7 Å². The minimum absolute atomic E-state index is 0.837. The van der Waals surface area contributed by atoms with Crippen molar-refractivity contribution in [3.05, 3.63) is 52.9 Å². The highest BCUT2D eigenvalue weighted by Gasteiger charge is 2.08. The predicted molar refractivity (Wildman–Crippen MR) is 104 cm³/mol. The van der Waals surface area contributed by atoms with E-state index in [2.05, 4.69) is 46.2 Å². The van der Waals surface area contributed by atoms with Crippen LogP contribution in [-0.4, -0.2) is 22.1 Å². The fourth-order valence-electron chi connectivity index (χ4n) is 2.99. The minimum Gasteiger partial charge on any atom is -0.494 e. The molecule has 0 aliphatic rings. The van der Waals surface area contributed by atoms with Crippen LogP contribution < -0.4 is 15.4 Å². The van der Waals surface area contributed by atoms with E-state index in [1.54, 1.807) is 7.11 Å². The Bertz CT molecular complexity index is 884. The van der Waals surface area contributed by atoms with Crippen molar-refractivity contribution in [2.45, 2.75) is 39.0 Å². The molecule has 3 aromatic heterocycles. The molecule has 0 radical (unpaired) electrons. The zero-order chi connectivity index (χ0) is 17.5. The van der Waals surface area contributed by atoms with E-state index < -0.39 is 0 Å². The summed E-state index contributed by atoms with van der Waals surface area (Å²) in [7, 11) is 1.70. The van der Waals surface area contributed by atoms with Crippen molar-refractivity contribution in [1.82, 2.24) is 15.0 Å². The van der Waals surface area contributed by atoms with E-state index >= 15 is 0 Å².